The molecule has 1 aliphatic rings. The molecule has 1 fully saturated rings. The van der Waals surface area contributed by atoms with Gasteiger partial charge < -0.3 is 5.32 Å². The largest absolute Gasteiger partial charge is 0.353 e. The molecule has 0 heterocycles. The summed E-state index contributed by atoms with van der Waals surface area (Å²) in [5.41, 5.74) is 1.20. The van der Waals surface area contributed by atoms with E-state index in [9.17, 15) is 13.2 Å². The Bertz CT molecular complexity index is 638. The maximum atomic E-state index is 12.2. The zero-order chi connectivity index (χ0) is 18.8. The number of nitrogens with one attached hydrogen (secondary N) is 1. The summed E-state index contributed by atoms with van der Waals surface area (Å²) in [5.74, 6) is -0.0337. The molecule has 0 radical (unpaired) electrons. The number of nitrogens with zero attached hydrogens (tertiary/aromatic N) is 1. The number of carbonyl (C=O) groups is 1. The fourth-order valence-electron chi connectivity index (χ4n) is 3.50. The van der Waals surface area contributed by atoms with Crippen molar-refractivity contribution < 1.29 is 13.2 Å². The van der Waals surface area contributed by atoms with Gasteiger partial charge in [0, 0.05) is 25.6 Å². The van der Waals surface area contributed by atoms with Crippen molar-refractivity contribution in [3.8, 4) is 0 Å². The molecule has 0 saturated heterocycles. The van der Waals surface area contributed by atoms with Crippen molar-refractivity contribution in [2.45, 2.75) is 63.8 Å². The summed E-state index contributed by atoms with van der Waals surface area (Å²) in [6.45, 7) is 0.705. The number of hydrogen-bond acceptors (Lipinski definition) is 3. The molecule has 0 atom stereocenters. The first-order valence-electron chi connectivity index (χ1n) is 9.73. The third-order valence-corrected chi connectivity index (χ3v) is 6.30. The minimum atomic E-state index is -3.30. The number of aryl methyl sites for hydroxylation is 1. The van der Waals surface area contributed by atoms with E-state index in [1.54, 1.807) is 0 Å². The lowest BCUT2D eigenvalue weighted by molar-refractivity contribution is -0.122. The molecule has 1 aliphatic carbocycles. The molecule has 0 spiro atoms. The van der Waals surface area contributed by atoms with E-state index in [0.717, 1.165) is 25.7 Å². The van der Waals surface area contributed by atoms with Crippen molar-refractivity contribution in [1.29, 1.82) is 0 Å². The van der Waals surface area contributed by atoms with Crippen LogP contribution in [0, 0.1) is 0 Å². The van der Waals surface area contributed by atoms with Crippen LogP contribution in [0.15, 0.2) is 30.3 Å². The van der Waals surface area contributed by atoms with E-state index < -0.39 is 10.0 Å². The first-order chi connectivity index (χ1) is 12.4. The van der Waals surface area contributed by atoms with Crippen molar-refractivity contribution in [3.05, 3.63) is 35.9 Å². The van der Waals surface area contributed by atoms with E-state index in [1.165, 1.54) is 41.8 Å². The molecule has 0 bridgehead atoms. The number of sulfonamides is 1. The van der Waals surface area contributed by atoms with Crippen LogP contribution in [-0.2, 0) is 21.2 Å². The van der Waals surface area contributed by atoms with Gasteiger partial charge in [0.1, 0.15) is 0 Å². The van der Waals surface area contributed by atoms with Crippen LogP contribution in [0.2, 0.25) is 0 Å². The predicted octanol–water partition coefficient (Wildman–Crippen LogP) is 3.11. The van der Waals surface area contributed by atoms with Gasteiger partial charge in [0.2, 0.25) is 15.9 Å². The number of benzene rings is 1. The lowest BCUT2D eigenvalue weighted by Gasteiger charge is -2.21. The zero-order valence-corrected chi connectivity index (χ0v) is 16.6. The summed E-state index contributed by atoms with van der Waals surface area (Å²) in [6.07, 6.45) is 9.94. The Kier molecular flexibility index (Phi) is 8.59. The predicted molar refractivity (Wildman–Crippen MR) is 105 cm³/mol. The van der Waals surface area contributed by atoms with Crippen molar-refractivity contribution >= 4 is 15.9 Å². The fraction of sp³-hybridized carbons (Fsp3) is 0.650. The lowest BCUT2D eigenvalue weighted by Crippen LogP contribution is -2.38. The van der Waals surface area contributed by atoms with Gasteiger partial charge in [-0.2, -0.15) is 0 Å². The molecule has 1 amide bonds. The highest BCUT2D eigenvalue weighted by Gasteiger charge is 2.19. The van der Waals surface area contributed by atoms with Crippen LogP contribution >= 0.6 is 0 Å². The Labute approximate surface area is 158 Å². The first-order valence-corrected chi connectivity index (χ1v) is 11.6. The van der Waals surface area contributed by atoms with Crippen LogP contribution in [0.1, 0.15) is 56.9 Å². The van der Waals surface area contributed by atoms with Gasteiger partial charge in [-0.1, -0.05) is 56.0 Å². The number of carbonyl (C=O) groups excluding carboxylic acids is 1. The highest BCUT2D eigenvalue weighted by Crippen LogP contribution is 2.17. The van der Waals surface area contributed by atoms with Gasteiger partial charge in [-0.3, -0.25) is 4.79 Å². The minimum Gasteiger partial charge on any atom is -0.353 e. The van der Waals surface area contributed by atoms with E-state index in [0.29, 0.717) is 6.54 Å². The maximum Gasteiger partial charge on any atom is 0.221 e. The second-order valence-corrected chi connectivity index (χ2v) is 9.24. The standard InChI is InChI=1S/C20H32N2O3S/c1-26(24,25)22(16-9-12-18-10-5-4-6-11-18)17-15-20(23)21-19-13-7-2-3-8-14-19/h4-6,10-11,19H,2-3,7-9,12-17H2,1H3,(H,21,23). The Hall–Kier alpha value is -1.40. The third-order valence-electron chi connectivity index (χ3n) is 4.99. The molecule has 0 aromatic heterocycles. The van der Waals surface area contributed by atoms with Gasteiger partial charge in [-0.05, 0) is 31.2 Å². The van der Waals surface area contributed by atoms with E-state index in [-0.39, 0.29) is 24.9 Å². The van der Waals surface area contributed by atoms with Gasteiger partial charge in [-0.25, -0.2) is 12.7 Å². The van der Waals surface area contributed by atoms with Crippen LogP contribution in [-0.4, -0.2) is 44.0 Å². The zero-order valence-electron chi connectivity index (χ0n) is 15.8. The summed E-state index contributed by atoms with van der Waals surface area (Å²) in [7, 11) is -3.30. The highest BCUT2D eigenvalue weighted by molar-refractivity contribution is 7.88. The van der Waals surface area contributed by atoms with Crippen LogP contribution < -0.4 is 5.32 Å². The molecule has 1 saturated carbocycles. The van der Waals surface area contributed by atoms with E-state index in [4.69, 9.17) is 0 Å². The number of amides is 1. The van der Waals surface area contributed by atoms with Gasteiger partial charge >= 0.3 is 0 Å². The average molecular weight is 381 g/mol. The highest BCUT2D eigenvalue weighted by atomic mass is 32.2. The lowest BCUT2D eigenvalue weighted by atomic mass is 10.1. The SMILES string of the molecule is CS(=O)(=O)N(CCCc1ccccc1)CCC(=O)NC1CCCCCC1. The Balaban J connectivity index is 1.76. The monoisotopic (exact) mass is 380 g/mol. The molecule has 2 rings (SSSR count). The Morgan fingerprint density at radius 1 is 1.08 bits per heavy atom. The van der Waals surface area contributed by atoms with Crippen LogP contribution in [0.3, 0.4) is 0 Å². The smallest absolute Gasteiger partial charge is 0.221 e. The third kappa shape index (κ3) is 7.87. The summed E-state index contributed by atoms with van der Waals surface area (Å²) < 4.78 is 25.5. The molecule has 26 heavy (non-hydrogen) atoms. The Morgan fingerprint density at radius 2 is 1.73 bits per heavy atom. The van der Waals surface area contributed by atoms with E-state index in [1.807, 2.05) is 30.3 Å². The number of rotatable bonds is 9. The molecular formula is C20H32N2O3S. The molecule has 5 nitrogen and oxygen atoms in total. The molecule has 146 valence electrons. The molecule has 6 heteroatoms. The van der Waals surface area contributed by atoms with Gasteiger partial charge in [-0.15, -0.1) is 0 Å². The van der Waals surface area contributed by atoms with Crippen molar-refractivity contribution in [2.75, 3.05) is 19.3 Å². The van der Waals surface area contributed by atoms with Crippen LogP contribution in [0.4, 0.5) is 0 Å². The fourth-order valence-corrected chi connectivity index (χ4v) is 4.38. The van der Waals surface area contributed by atoms with Gasteiger partial charge in [0.25, 0.3) is 0 Å². The van der Waals surface area contributed by atoms with Gasteiger partial charge in [0.15, 0.2) is 0 Å². The molecule has 1 aromatic carbocycles. The molecule has 0 aliphatic heterocycles. The molecule has 1 aromatic rings. The van der Waals surface area contributed by atoms with Crippen molar-refractivity contribution in [1.82, 2.24) is 9.62 Å². The normalized spacial score (nSPS) is 16.4. The van der Waals surface area contributed by atoms with Gasteiger partial charge in [0.05, 0.1) is 6.26 Å². The topological polar surface area (TPSA) is 66.5 Å². The first kappa shape index (κ1) is 20.9. The van der Waals surface area contributed by atoms with E-state index in [2.05, 4.69) is 5.32 Å². The van der Waals surface area contributed by atoms with Crippen molar-refractivity contribution in [3.63, 3.8) is 0 Å². The minimum absolute atomic E-state index is 0.0337. The van der Waals surface area contributed by atoms with E-state index >= 15 is 0 Å². The second-order valence-electron chi connectivity index (χ2n) is 7.26. The summed E-state index contributed by atoms with van der Waals surface area (Å²) in [5, 5.41) is 3.09. The maximum absolute atomic E-state index is 12.2. The number of hydrogen-bond donors (Lipinski definition) is 1. The summed E-state index contributed by atoms with van der Waals surface area (Å²) in [4.78, 5) is 12.2. The quantitative estimate of drug-likeness (QED) is 0.670. The second kappa shape index (κ2) is 10.7. The summed E-state index contributed by atoms with van der Waals surface area (Å²) >= 11 is 0. The molecule has 1 N–H and O–H groups in total. The van der Waals surface area contributed by atoms with Crippen molar-refractivity contribution in [2.24, 2.45) is 0 Å². The van der Waals surface area contributed by atoms with Crippen LogP contribution in [0.5, 0.6) is 0 Å². The average Bonchev–Trinajstić information content (AvgIpc) is 2.86. The van der Waals surface area contributed by atoms with Crippen LogP contribution in [0.25, 0.3) is 0 Å². The summed E-state index contributed by atoms with van der Waals surface area (Å²) in [6, 6.07) is 10.3. The Morgan fingerprint density at radius 3 is 2.35 bits per heavy atom. The molecular weight excluding hydrogens is 348 g/mol. The molecule has 0 unspecified atom stereocenters.